The van der Waals surface area contributed by atoms with E-state index in [2.05, 4.69) is 56.5 Å². The molecule has 0 N–H and O–H groups in total. The molecule has 0 aliphatic rings. The van der Waals surface area contributed by atoms with Crippen molar-refractivity contribution in [1.29, 1.82) is 0 Å². The topological polar surface area (TPSA) is 126 Å². The van der Waals surface area contributed by atoms with Gasteiger partial charge in [0.05, 0.1) is 6.61 Å². The van der Waals surface area contributed by atoms with E-state index in [-0.39, 0.29) is 11.5 Å². The number of imide groups is 1. The molecule has 0 aliphatic carbocycles. The number of pyridine rings is 1. The van der Waals surface area contributed by atoms with Crippen molar-refractivity contribution in [2.24, 2.45) is 5.41 Å². The summed E-state index contributed by atoms with van der Waals surface area (Å²) in [6.07, 6.45) is -14.1. The standard InChI is InChI=1S/C35H41F6N4O7.Tm/c1-11-32(9,10)20-48-25-22(34(36,37)38)18-23(45(28(46)51-30(3,4)5)29(47)52-31(6,7)8)24(42-25)26-43-44-27(50-26)33(12-2,35(39,40)41)49-19-21-16-14-13-15-17-21;/h1,13-18H,2,11-12,19-20H2,3-10H3;/q-1;/t33-;/m1./s1. The summed E-state index contributed by atoms with van der Waals surface area (Å²) in [6, 6.07) is 8.20. The Kier molecular flexibility index (Phi) is 13.8. The number of carbonyl (C=O) groups excluding carboxylic acids is 2. The summed E-state index contributed by atoms with van der Waals surface area (Å²) >= 11 is 2.59. The van der Waals surface area contributed by atoms with E-state index in [4.69, 9.17) is 23.4 Å². The minimum Gasteiger partial charge on any atom is -0.167 e. The summed E-state index contributed by atoms with van der Waals surface area (Å²) in [6.45, 7) is 14.5. The maximum Gasteiger partial charge on any atom is 0.423 e. The molecule has 2 amide bonds. The molecular weight excluding hydrogens is 871 g/mol. The van der Waals surface area contributed by atoms with Gasteiger partial charge < -0.3 is 11.7 Å². The average Bonchev–Trinajstić information content (AvgIpc) is 3.49. The second-order valence-corrected chi connectivity index (χ2v) is 15.3. The predicted octanol–water partition coefficient (Wildman–Crippen LogP) is 9.17. The van der Waals surface area contributed by atoms with Crippen LogP contribution in [-0.2, 0) is 32.6 Å². The normalized spacial score (nSPS) is 14.0. The van der Waals surface area contributed by atoms with Crippen LogP contribution >= 0.6 is 0 Å². The van der Waals surface area contributed by atoms with Crippen molar-refractivity contribution < 1.29 is 93.7 Å². The Balaban J connectivity index is 2.39. The third-order valence-electron chi connectivity index (χ3n) is 6.99. The molecule has 1 atom stereocenters. The quantitative estimate of drug-likeness (QED) is 0.128. The monoisotopic (exact) mass is 912 g/mol. The summed E-state index contributed by atoms with van der Waals surface area (Å²) in [5.74, 6) is -3.18. The molecule has 0 saturated carbocycles. The molecular formula is C35H41F6N4O7Tm-. The Labute approximate surface area is 326 Å². The largest absolute Gasteiger partial charge is 0.423 e. The van der Waals surface area contributed by atoms with Crippen LogP contribution in [0.25, 0.3) is 11.6 Å². The molecule has 2 aromatic heterocycles. The van der Waals surface area contributed by atoms with Crippen LogP contribution in [0, 0.1) is 46.8 Å². The summed E-state index contributed by atoms with van der Waals surface area (Å²) in [5.41, 5.74) is -9.65. The number of benzene rings is 1. The number of alkyl halides is 6. The zero-order chi connectivity index (χ0) is 40.2. The molecule has 2 heterocycles. The number of rotatable bonds is 12. The maximum atomic E-state index is 14.8. The molecule has 11 nitrogen and oxygen atoms in total. The number of hydrogen-bond acceptors (Lipinski definition) is 10. The van der Waals surface area contributed by atoms with Crippen LogP contribution in [0.2, 0.25) is 0 Å². The van der Waals surface area contributed by atoms with Crippen molar-refractivity contribution in [3.8, 4) is 17.5 Å². The van der Waals surface area contributed by atoms with Gasteiger partial charge in [0.1, 0.15) is 11.2 Å². The van der Waals surface area contributed by atoms with Crippen LogP contribution in [0.1, 0.15) is 85.2 Å². The molecule has 0 saturated heterocycles. The molecule has 53 heavy (non-hydrogen) atoms. The fourth-order valence-corrected chi connectivity index (χ4v) is 5.32. The van der Waals surface area contributed by atoms with Gasteiger partial charge in [0.2, 0.25) is 0 Å². The molecule has 3 rings (SSSR count). The van der Waals surface area contributed by atoms with Gasteiger partial charge in [-0.05, 0) is 47.1 Å². The van der Waals surface area contributed by atoms with Crippen LogP contribution in [0.15, 0.2) is 40.8 Å². The Morgan fingerprint density at radius 3 is 1.94 bits per heavy atom. The summed E-state index contributed by atoms with van der Waals surface area (Å²) in [5, 5.41) is 7.26. The third kappa shape index (κ3) is 11.6. The van der Waals surface area contributed by atoms with E-state index >= 15 is 0 Å². The van der Waals surface area contributed by atoms with Crippen molar-refractivity contribution >= 4 is 20.1 Å². The Hall–Kier alpha value is -3.31. The molecule has 0 fully saturated rings. The first-order chi connectivity index (χ1) is 24.2. The third-order valence-corrected chi connectivity index (χ3v) is 7.35. The van der Waals surface area contributed by atoms with E-state index < -0.39 is 94.4 Å². The molecule has 3 aromatic rings. The van der Waals surface area contributed by atoms with E-state index in [1.54, 1.807) is 34.3 Å². The smallest absolute Gasteiger partial charge is 0.167 e. The van der Waals surface area contributed by atoms with Crippen LogP contribution in [-0.4, -0.2) is 53.6 Å². The number of anilines is 1. The fraction of sp³-hybridized carbons (Fsp3) is 0.514. The van der Waals surface area contributed by atoms with E-state index in [9.17, 15) is 35.9 Å². The number of carbonyl (C=O) groups is 2. The minimum absolute atomic E-state index is 0.109. The van der Waals surface area contributed by atoms with Crippen LogP contribution < -0.4 is 9.64 Å². The number of hydrogen-bond donors (Lipinski definition) is 0. The number of amides is 2. The summed E-state index contributed by atoms with van der Waals surface area (Å²) in [4.78, 5) is 31.3. The van der Waals surface area contributed by atoms with Crippen molar-refractivity contribution in [3.63, 3.8) is 0 Å². The molecule has 18 heteroatoms. The van der Waals surface area contributed by atoms with E-state index in [1.807, 2.05) is 0 Å². The Morgan fingerprint density at radius 1 is 0.906 bits per heavy atom. The number of aromatic nitrogens is 3. The minimum atomic E-state index is -5.21. The van der Waals surface area contributed by atoms with Gasteiger partial charge >= 0.3 is 201 Å². The van der Waals surface area contributed by atoms with E-state index in [1.165, 1.54) is 53.7 Å². The van der Waals surface area contributed by atoms with Crippen LogP contribution in [0.3, 0.4) is 0 Å². The molecule has 0 unspecified atom stereocenters. The molecule has 299 valence electrons. The SMILES string of the molecule is [CH2-]C[C@@](OCc1ccccc1)(c1nnc(-c2nc(OCC(C)(C)C[CH]=[Tm])c(C(F)(F)F)cc2N(C(=O)OC(C)(C)C)C(=O)OC(C)(C)C)o1)C(F)(F)F. The van der Waals surface area contributed by atoms with Crippen molar-refractivity contribution in [1.82, 2.24) is 15.2 Å². The van der Waals surface area contributed by atoms with Crippen molar-refractivity contribution in [3.05, 3.63) is 60.3 Å². The van der Waals surface area contributed by atoms with Gasteiger partial charge in [0.25, 0.3) is 0 Å². The van der Waals surface area contributed by atoms with Gasteiger partial charge in [-0.2, -0.15) is 13.2 Å². The molecule has 0 aliphatic heterocycles. The Morgan fingerprint density at radius 2 is 1.47 bits per heavy atom. The molecule has 0 radical (unpaired) electrons. The van der Waals surface area contributed by atoms with Gasteiger partial charge in [0, 0.05) is 0 Å². The van der Waals surface area contributed by atoms with Gasteiger partial charge in [0.15, 0.2) is 0 Å². The zero-order valence-electron chi connectivity index (χ0n) is 30.3. The zero-order valence-corrected chi connectivity index (χ0v) is 32.0. The van der Waals surface area contributed by atoms with Crippen molar-refractivity contribution in [2.75, 3.05) is 11.5 Å². The first-order valence-corrected chi connectivity index (χ1v) is 17.0. The first kappa shape index (κ1) is 44.1. The second kappa shape index (κ2) is 16.6. The summed E-state index contributed by atoms with van der Waals surface area (Å²) in [7, 11) is 0. The average molecular weight is 913 g/mol. The fourth-order valence-electron chi connectivity index (χ4n) is 4.34. The van der Waals surface area contributed by atoms with E-state index in [0.29, 0.717) is 18.1 Å². The van der Waals surface area contributed by atoms with Crippen molar-refractivity contribution in [2.45, 2.75) is 104 Å². The van der Waals surface area contributed by atoms with Gasteiger partial charge in [-0.1, -0.05) is 30.3 Å². The van der Waals surface area contributed by atoms with Gasteiger partial charge in [-0.3, -0.25) is 0 Å². The number of halogens is 6. The number of nitrogens with zero attached hydrogens (tertiary/aromatic N) is 4. The predicted molar refractivity (Wildman–Crippen MR) is 176 cm³/mol. The molecule has 0 spiro atoms. The second-order valence-electron chi connectivity index (χ2n) is 14.5. The van der Waals surface area contributed by atoms with Gasteiger partial charge in [-0.15, -0.1) is 6.42 Å². The molecule has 1 aromatic carbocycles. The van der Waals surface area contributed by atoms with E-state index in [0.717, 1.165) is 0 Å². The van der Waals surface area contributed by atoms with Crippen LogP contribution in [0.4, 0.5) is 41.6 Å². The first-order valence-electron chi connectivity index (χ1n) is 16.0. The van der Waals surface area contributed by atoms with Crippen LogP contribution in [0.5, 0.6) is 5.88 Å². The molecule has 0 bridgehead atoms. The number of ether oxygens (including phenoxy) is 4. The summed E-state index contributed by atoms with van der Waals surface area (Å²) < 4.78 is 118. The maximum absolute atomic E-state index is 14.8. The van der Waals surface area contributed by atoms with Gasteiger partial charge in [-0.25, -0.2) is 0 Å². The Bertz CT molecular complexity index is 1720.